The normalized spacial score (nSPS) is 11.0. The summed E-state index contributed by atoms with van der Waals surface area (Å²) in [6, 6.07) is 9.35. The van der Waals surface area contributed by atoms with Gasteiger partial charge in [0.1, 0.15) is 11.6 Å². The van der Waals surface area contributed by atoms with Gasteiger partial charge in [0.2, 0.25) is 0 Å². The Morgan fingerprint density at radius 2 is 1.91 bits per heavy atom. The van der Waals surface area contributed by atoms with E-state index in [2.05, 4.69) is 9.84 Å². The van der Waals surface area contributed by atoms with E-state index in [0.717, 1.165) is 0 Å². The number of hydrogen-bond acceptors (Lipinski definition) is 2. The molecule has 0 atom stereocenters. The van der Waals surface area contributed by atoms with Gasteiger partial charge in [-0.1, -0.05) is 29.8 Å². The predicted molar refractivity (Wildman–Crippen MR) is 86.4 cm³/mol. The lowest BCUT2D eigenvalue weighted by Crippen LogP contribution is -2.10. The van der Waals surface area contributed by atoms with Crippen molar-refractivity contribution in [1.29, 1.82) is 0 Å². The molecule has 0 bridgehead atoms. The Morgan fingerprint density at radius 1 is 1.27 bits per heavy atom. The van der Waals surface area contributed by atoms with Crippen molar-refractivity contribution >= 4 is 29.0 Å². The van der Waals surface area contributed by atoms with Crippen LogP contribution >= 0.6 is 11.6 Å². The van der Waals surface area contributed by atoms with Crippen molar-refractivity contribution in [3.8, 4) is 16.9 Å². The van der Waals surface area contributed by atoms with Crippen LogP contribution < -0.4 is 5.73 Å². The average Bonchev–Trinajstić information content (AvgIpc) is 2.47. The van der Waals surface area contributed by atoms with Gasteiger partial charge in [-0.3, -0.25) is 4.79 Å². The first-order valence-electron chi connectivity index (χ1n) is 6.28. The van der Waals surface area contributed by atoms with E-state index >= 15 is 0 Å². The molecule has 22 heavy (non-hydrogen) atoms. The van der Waals surface area contributed by atoms with E-state index in [9.17, 15) is 9.90 Å². The van der Waals surface area contributed by atoms with Gasteiger partial charge in [0, 0.05) is 10.6 Å². The third kappa shape index (κ3) is 3.08. The predicted octanol–water partition coefficient (Wildman–Crippen LogP) is 3.78. The molecular weight excluding hydrogens is 302 g/mol. The number of carbonyl (C=O) groups is 1. The molecule has 0 saturated carbocycles. The van der Waals surface area contributed by atoms with Crippen molar-refractivity contribution in [2.24, 2.45) is 10.7 Å². The Hall–Kier alpha value is -2.84. The molecule has 2 rings (SSSR count). The SMILES string of the molecule is [C-]#[N+]c1ccc(O)c(C(=O)N=C(C)N)c1-c1ccc(Cl)cc1. The van der Waals surface area contributed by atoms with Crippen molar-refractivity contribution in [3.05, 3.63) is 58.4 Å². The highest BCUT2D eigenvalue weighted by molar-refractivity contribution is 6.30. The highest BCUT2D eigenvalue weighted by atomic mass is 35.5. The van der Waals surface area contributed by atoms with E-state index in [1.54, 1.807) is 24.3 Å². The van der Waals surface area contributed by atoms with Crippen molar-refractivity contribution in [2.45, 2.75) is 6.92 Å². The maximum absolute atomic E-state index is 12.2. The van der Waals surface area contributed by atoms with Crippen molar-refractivity contribution in [3.63, 3.8) is 0 Å². The van der Waals surface area contributed by atoms with Crippen LogP contribution in [0.4, 0.5) is 5.69 Å². The summed E-state index contributed by atoms with van der Waals surface area (Å²) in [4.78, 5) is 19.3. The summed E-state index contributed by atoms with van der Waals surface area (Å²) in [5.74, 6) is -0.889. The Morgan fingerprint density at radius 3 is 2.45 bits per heavy atom. The molecular formula is C16H12ClN3O2. The van der Waals surface area contributed by atoms with Crippen LogP contribution in [0, 0.1) is 6.57 Å². The summed E-state index contributed by atoms with van der Waals surface area (Å²) in [6.45, 7) is 8.74. The number of amides is 1. The number of aromatic hydroxyl groups is 1. The minimum atomic E-state index is -0.701. The highest BCUT2D eigenvalue weighted by Gasteiger charge is 2.20. The summed E-state index contributed by atoms with van der Waals surface area (Å²) in [7, 11) is 0. The highest BCUT2D eigenvalue weighted by Crippen LogP contribution is 2.39. The molecule has 0 aliphatic carbocycles. The van der Waals surface area contributed by atoms with Crippen molar-refractivity contribution in [2.75, 3.05) is 0 Å². The zero-order valence-electron chi connectivity index (χ0n) is 11.7. The monoisotopic (exact) mass is 313 g/mol. The molecule has 3 N–H and O–H groups in total. The van der Waals surface area contributed by atoms with Crippen LogP contribution in [0.3, 0.4) is 0 Å². The van der Waals surface area contributed by atoms with Gasteiger partial charge in [-0.15, -0.1) is 0 Å². The topological polar surface area (TPSA) is 80.0 Å². The number of nitrogens with two attached hydrogens (primary N) is 1. The maximum Gasteiger partial charge on any atom is 0.281 e. The van der Waals surface area contributed by atoms with Crippen LogP contribution in [0.5, 0.6) is 5.75 Å². The molecule has 0 aromatic heterocycles. The summed E-state index contributed by atoms with van der Waals surface area (Å²) >= 11 is 5.86. The van der Waals surface area contributed by atoms with Gasteiger partial charge in [0.05, 0.1) is 12.1 Å². The van der Waals surface area contributed by atoms with Crippen LogP contribution in [0.25, 0.3) is 16.0 Å². The van der Waals surface area contributed by atoms with Crippen LogP contribution in [0.2, 0.25) is 5.02 Å². The molecule has 2 aromatic rings. The van der Waals surface area contributed by atoms with Gasteiger partial charge >= 0.3 is 0 Å². The summed E-state index contributed by atoms with van der Waals surface area (Å²) in [6.07, 6.45) is 0. The Balaban J connectivity index is 2.77. The molecule has 0 radical (unpaired) electrons. The molecule has 6 heteroatoms. The Kier molecular flexibility index (Phi) is 4.44. The fourth-order valence-corrected chi connectivity index (χ4v) is 2.14. The number of nitrogens with zero attached hydrogens (tertiary/aromatic N) is 2. The maximum atomic E-state index is 12.2. The van der Waals surface area contributed by atoms with Gasteiger partial charge in [0.25, 0.3) is 5.91 Å². The number of benzene rings is 2. The number of phenols is 1. The van der Waals surface area contributed by atoms with Crippen molar-refractivity contribution < 1.29 is 9.90 Å². The zero-order chi connectivity index (χ0) is 16.3. The number of rotatable bonds is 2. The van der Waals surface area contributed by atoms with E-state index < -0.39 is 5.91 Å². The van der Waals surface area contributed by atoms with Crippen LogP contribution in [-0.2, 0) is 0 Å². The number of hydrogen-bond donors (Lipinski definition) is 2. The van der Waals surface area contributed by atoms with Gasteiger partial charge in [-0.05, 0) is 30.7 Å². The molecule has 0 aliphatic heterocycles. The van der Waals surface area contributed by atoms with E-state index in [1.807, 2.05) is 0 Å². The molecule has 0 heterocycles. The quantitative estimate of drug-likeness (QED) is 0.503. The number of amidine groups is 1. The van der Waals surface area contributed by atoms with E-state index in [1.165, 1.54) is 19.1 Å². The third-order valence-electron chi connectivity index (χ3n) is 2.91. The number of carbonyl (C=O) groups excluding carboxylic acids is 1. The second-order valence-electron chi connectivity index (χ2n) is 4.53. The minimum Gasteiger partial charge on any atom is -0.507 e. The zero-order valence-corrected chi connectivity index (χ0v) is 12.4. The first kappa shape index (κ1) is 15.5. The molecule has 2 aromatic carbocycles. The van der Waals surface area contributed by atoms with Crippen molar-refractivity contribution in [1.82, 2.24) is 0 Å². The summed E-state index contributed by atoms with van der Waals surface area (Å²) < 4.78 is 0. The largest absolute Gasteiger partial charge is 0.507 e. The van der Waals surface area contributed by atoms with Gasteiger partial charge in [-0.25, -0.2) is 4.85 Å². The van der Waals surface area contributed by atoms with Gasteiger partial charge < -0.3 is 10.8 Å². The van der Waals surface area contributed by atoms with Crippen LogP contribution in [0.1, 0.15) is 17.3 Å². The van der Waals surface area contributed by atoms with Gasteiger partial charge in [0.15, 0.2) is 5.69 Å². The smallest absolute Gasteiger partial charge is 0.281 e. The lowest BCUT2D eigenvalue weighted by Gasteiger charge is -2.11. The summed E-state index contributed by atoms with van der Waals surface area (Å²) in [5.41, 5.74) is 6.49. The molecule has 110 valence electrons. The molecule has 0 spiro atoms. The van der Waals surface area contributed by atoms with Crippen LogP contribution in [0.15, 0.2) is 41.4 Å². The Labute approximate surface area is 132 Å². The number of aliphatic imine (C=N–C) groups is 1. The second kappa shape index (κ2) is 6.29. The first-order chi connectivity index (χ1) is 10.4. The van der Waals surface area contributed by atoms with Gasteiger partial charge in [-0.2, -0.15) is 4.99 Å². The third-order valence-corrected chi connectivity index (χ3v) is 3.16. The van der Waals surface area contributed by atoms with E-state index in [0.29, 0.717) is 16.1 Å². The first-order valence-corrected chi connectivity index (χ1v) is 6.66. The lowest BCUT2D eigenvalue weighted by atomic mass is 9.96. The summed E-state index contributed by atoms with van der Waals surface area (Å²) in [5, 5.41) is 10.6. The minimum absolute atomic E-state index is 0.0550. The number of halogens is 1. The lowest BCUT2D eigenvalue weighted by molar-refractivity contribution is 0.100. The fraction of sp³-hybridized carbons (Fsp3) is 0.0625. The fourth-order valence-electron chi connectivity index (χ4n) is 2.02. The molecule has 0 aliphatic rings. The van der Waals surface area contributed by atoms with Crippen LogP contribution in [-0.4, -0.2) is 16.8 Å². The Bertz CT molecular complexity index is 801. The second-order valence-corrected chi connectivity index (χ2v) is 4.97. The van der Waals surface area contributed by atoms with E-state index in [4.69, 9.17) is 23.9 Å². The number of phenolic OH excluding ortho intramolecular Hbond substituents is 1. The standard InChI is InChI=1S/C16H12ClN3O2/c1-9(18)20-16(22)15-13(21)8-7-12(19-2)14(15)10-3-5-11(17)6-4-10/h3-8,21H,1H3,(H2,18,20,22). The molecule has 1 amide bonds. The molecule has 5 nitrogen and oxygen atoms in total. The molecule has 0 fully saturated rings. The van der Waals surface area contributed by atoms with E-state index in [-0.39, 0.29) is 22.8 Å². The molecule has 0 saturated heterocycles. The molecule has 0 unspecified atom stereocenters. The average molecular weight is 314 g/mol.